The van der Waals surface area contributed by atoms with E-state index in [4.69, 9.17) is 16.3 Å². The van der Waals surface area contributed by atoms with E-state index in [-0.39, 0.29) is 18.1 Å². The maximum atomic E-state index is 12.5. The van der Waals surface area contributed by atoms with E-state index in [9.17, 15) is 4.79 Å². The smallest absolute Gasteiger partial charge is 0.274 e. The molecule has 3 rings (SSSR count). The Morgan fingerprint density at radius 1 is 1.32 bits per heavy atom. The molecule has 5 nitrogen and oxygen atoms in total. The van der Waals surface area contributed by atoms with Crippen LogP contribution in [0.2, 0.25) is 5.15 Å². The van der Waals surface area contributed by atoms with E-state index in [1.165, 1.54) is 6.42 Å². The second-order valence-electron chi connectivity index (χ2n) is 5.00. The summed E-state index contributed by atoms with van der Waals surface area (Å²) in [5.41, 5.74) is 0.357. The number of hydrogen-bond acceptors (Lipinski definition) is 4. The highest BCUT2D eigenvalue weighted by molar-refractivity contribution is 6.29. The molecule has 1 saturated carbocycles. The first-order valence-corrected chi connectivity index (χ1v) is 7.05. The van der Waals surface area contributed by atoms with Gasteiger partial charge in [-0.25, -0.2) is 0 Å². The van der Waals surface area contributed by atoms with E-state index in [0.29, 0.717) is 24.0 Å². The first kappa shape index (κ1) is 12.8. The molecule has 102 valence electrons. The predicted molar refractivity (Wildman–Crippen MR) is 70.1 cm³/mol. The Kier molecular flexibility index (Phi) is 3.66. The van der Waals surface area contributed by atoms with Gasteiger partial charge in [-0.2, -0.15) is 0 Å². The van der Waals surface area contributed by atoms with E-state index >= 15 is 0 Å². The number of aromatic nitrogens is 2. The van der Waals surface area contributed by atoms with Crippen LogP contribution >= 0.6 is 11.6 Å². The van der Waals surface area contributed by atoms with E-state index in [2.05, 4.69) is 10.2 Å². The van der Waals surface area contributed by atoms with E-state index in [0.717, 1.165) is 19.3 Å². The van der Waals surface area contributed by atoms with Gasteiger partial charge in [0.15, 0.2) is 10.8 Å². The highest BCUT2D eigenvalue weighted by atomic mass is 35.5. The molecule has 1 aromatic rings. The van der Waals surface area contributed by atoms with Crippen molar-refractivity contribution in [1.29, 1.82) is 0 Å². The molecule has 2 atom stereocenters. The van der Waals surface area contributed by atoms with Crippen LogP contribution in [-0.2, 0) is 4.74 Å². The number of rotatable bonds is 1. The van der Waals surface area contributed by atoms with Crippen LogP contribution in [-0.4, -0.2) is 46.3 Å². The lowest BCUT2D eigenvalue weighted by Crippen LogP contribution is -2.55. The van der Waals surface area contributed by atoms with Gasteiger partial charge in [-0.3, -0.25) is 4.79 Å². The first-order chi connectivity index (χ1) is 9.25. The number of carbonyl (C=O) groups is 1. The van der Waals surface area contributed by atoms with Gasteiger partial charge in [0, 0.05) is 6.54 Å². The molecule has 0 spiro atoms. The Bertz CT molecular complexity index is 463. The molecule has 19 heavy (non-hydrogen) atoms. The largest absolute Gasteiger partial charge is 0.374 e. The second-order valence-corrected chi connectivity index (χ2v) is 5.39. The Balaban J connectivity index is 1.79. The summed E-state index contributed by atoms with van der Waals surface area (Å²) in [5, 5.41) is 7.91. The second kappa shape index (κ2) is 5.43. The average molecular weight is 282 g/mol. The summed E-state index contributed by atoms with van der Waals surface area (Å²) in [6.07, 6.45) is 4.58. The van der Waals surface area contributed by atoms with Crippen LogP contribution in [0.15, 0.2) is 12.1 Å². The lowest BCUT2D eigenvalue weighted by atomic mass is 9.90. The summed E-state index contributed by atoms with van der Waals surface area (Å²) in [7, 11) is 0. The van der Waals surface area contributed by atoms with Crippen LogP contribution in [0.3, 0.4) is 0 Å². The first-order valence-electron chi connectivity index (χ1n) is 6.67. The summed E-state index contributed by atoms with van der Waals surface area (Å²) >= 11 is 5.69. The minimum absolute atomic E-state index is 0.0654. The molecule has 6 heteroatoms. The monoisotopic (exact) mass is 281 g/mol. The highest BCUT2D eigenvalue weighted by Crippen LogP contribution is 2.29. The van der Waals surface area contributed by atoms with Gasteiger partial charge in [-0.1, -0.05) is 24.4 Å². The molecule has 1 saturated heterocycles. The van der Waals surface area contributed by atoms with Crippen molar-refractivity contribution < 1.29 is 9.53 Å². The van der Waals surface area contributed by atoms with Crippen LogP contribution in [0.1, 0.15) is 36.2 Å². The summed E-state index contributed by atoms with van der Waals surface area (Å²) in [5.74, 6) is -0.0654. The molecule has 1 aliphatic carbocycles. The Labute approximate surface area is 116 Å². The van der Waals surface area contributed by atoms with Crippen LogP contribution < -0.4 is 0 Å². The molecule has 2 heterocycles. The van der Waals surface area contributed by atoms with Crippen molar-refractivity contribution in [3.63, 3.8) is 0 Å². The third-order valence-corrected chi connectivity index (χ3v) is 4.05. The van der Waals surface area contributed by atoms with Crippen LogP contribution in [0.25, 0.3) is 0 Å². The zero-order valence-corrected chi connectivity index (χ0v) is 11.3. The van der Waals surface area contributed by atoms with Crippen molar-refractivity contribution in [2.24, 2.45) is 0 Å². The Morgan fingerprint density at radius 2 is 2.16 bits per heavy atom. The fraction of sp³-hybridized carbons (Fsp3) is 0.615. The summed E-state index contributed by atoms with van der Waals surface area (Å²) < 4.78 is 5.77. The number of halogens is 1. The Morgan fingerprint density at radius 3 is 2.95 bits per heavy atom. The molecule has 0 radical (unpaired) electrons. The summed E-state index contributed by atoms with van der Waals surface area (Å²) in [6, 6.07) is 3.42. The van der Waals surface area contributed by atoms with Crippen molar-refractivity contribution >= 4 is 17.5 Å². The van der Waals surface area contributed by atoms with Crippen molar-refractivity contribution in [3.05, 3.63) is 23.0 Å². The number of nitrogens with zero attached hydrogens (tertiary/aromatic N) is 3. The third kappa shape index (κ3) is 2.58. The molecule has 0 bridgehead atoms. The third-order valence-electron chi connectivity index (χ3n) is 3.84. The van der Waals surface area contributed by atoms with Gasteiger partial charge in [0.2, 0.25) is 0 Å². The van der Waals surface area contributed by atoms with Crippen molar-refractivity contribution in [2.45, 2.75) is 37.8 Å². The molecule has 2 aliphatic rings. The van der Waals surface area contributed by atoms with Crippen LogP contribution in [0.5, 0.6) is 0 Å². The molecule has 2 fully saturated rings. The van der Waals surface area contributed by atoms with Gasteiger partial charge in [-0.15, -0.1) is 10.2 Å². The number of hydrogen-bond donors (Lipinski definition) is 0. The normalized spacial score (nSPS) is 26.9. The fourth-order valence-electron chi connectivity index (χ4n) is 2.93. The summed E-state index contributed by atoms with van der Waals surface area (Å²) in [4.78, 5) is 14.4. The van der Waals surface area contributed by atoms with Gasteiger partial charge < -0.3 is 9.64 Å². The number of ether oxygens (including phenoxy) is 1. The highest BCUT2D eigenvalue weighted by Gasteiger charge is 2.37. The van der Waals surface area contributed by atoms with E-state index in [1.807, 2.05) is 4.90 Å². The van der Waals surface area contributed by atoms with Gasteiger partial charge in [0.05, 0.1) is 18.8 Å². The zero-order chi connectivity index (χ0) is 13.2. The molecule has 2 unspecified atom stereocenters. The molecular formula is C13H16ClN3O2. The van der Waals surface area contributed by atoms with Gasteiger partial charge in [0.25, 0.3) is 5.91 Å². The lowest BCUT2D eigenvalue weighted by molar-refractivity contribution is -0.0754. The van der Waals surface area contributed by atoms with Crippen molar-refractivity contribution in [3.8, 4) is 0 Å². The molecule has 1 amide bonds. The molecule has 1 aliphatic heterocycles. The predicted octanol–water partition coefficient (Wildman–Crippen LogP) is 1.91. The number of fused-ring (bicyclic) bond motifs is 1. The van der Waals surface area contributed by atoms with E-state index < -0.39 is 0 Å². The van der Waals surface area contributed by atoms with Crippen LogP contribution in [0, 0.1) is 0 Å². The van der Waals surface area contributed by atoms with Gasteiger partial charge in [0.1, 0.15) is 0 Å². The van der Waals surface area contributed by atoms with Crippen molar-refractivity contribution in [1.82, 2.24) is 15.1 Å². The lowest BCUT2D eigenvalue weighted by Gasteiger charge is -2.43. The van der Waals surface area contributed by atoms with E-state index in [1.54, 1.807) is 12.1 Å². The van der Waals surface area contributed by atoms with Crippen molar-refractivity contribution in [2.75, 3.05) is 13.2 Å². The van der Waals surface area contributed by atoms with Gasteiger partial charge in [-0.05, 0) is 25.0 Å². The maximum absolute atomic E-state index is 12.5. The van der Waals surface area contributed by atoms with Gasteiger partial charge >= 0.3 is 0 Å². The SMILES string of the molecule is O=C(c1ccc(Cl)nn1)N1CCOC2CCCCC21. The molecule has 0 aromatic carbocycles. The number of amides is 1. The standard InChI is InChI=1S/C13H16ClN3O2/c14-12-6-5-9(15-16-12)13(18)17-7-8-19-11-4-2-1-3-10(11)17/h5-6,10-11H,1-4,7-8H2. The minimum Gasteiger partial charge on any atom is -0.374 e. The maximum Gasteiger partial charge on any atom is 0.274 e. The molecular weight excluding hydrogens is 266 g/mol. The zero-order valence-electron chi connectivity index (χ0n) is 10.6. The molecule has 1 aromatic heterocycles. The fourth-order valence-corrected chi connectivity index (χ4v) is 3.03. The average Bonchev–Trinajstić information content (AvgIpc) is 2.47. The quantitative estimate of drug-likeness (QED) is 0.789. The van der Waals surface area contributed by atoms with Crippen LogP contribution in [0.4, 0.5) is 0 Å². The summed E-state index contributed by atoms with van der Waals surface area (Å²) in [6.45, 7) is 1.23. The topological polar surface area (TPSA) is 55.3 Å². The minimum atomic E-state index is -0.0654. The number of carbonyl (C=O) groups excluding carboxylic acids is 1. The Hall–Kier alpha value is -1.20. The molecule has 0 N–H and O–H groups in total. The number of morpholine rings is 1.